The van der Waals surface area contributed by atoms with E-state index < -0.39 is 0 Å². The highest BCUT2D eigenvalue weighted by atomic mass is 16.5. The van der Waals surface area contributed by atoms with Crippen molar-refractivity contribution in [2.75, 3.05) is 84.0 Å². The molecule has 0 aliphatic carbocycles. The Bertz CT molecular complexity index is 1140. The van der Waals surface area contributed by atoms with E-state index in [-0.39, 0.29) is 0 Å². The van der Waals surface area contributed by atoms with E-state index in [1.54, 1.807) is 14.2 Å². The second-order valence-electron chi connectivity index (χ2n) is 9.29. The highest BCUT2D eigenvalue weighted by Crippen LogP contribution is 2.34. The number of benzene rings is 2. The summed E-state index contributed by atoms with van der Waals surface area (Å²) in [5.41, 5.74) is 4.09. The smallest absolute Gasteiger partial charge is 0.145 e. The van der Waals surface area contributed by atoms with Gasteiger partial charge in [-0.2, -0.15) is 0 Å². The fraction of sp³-hybridized carbons (Fsp3) is 0.444. The summed E-state index contributed by atoms with van der Waals surface area (Å²) < 4.78 is 16.4. The third-order valence-electron chi connectivity index (χ3n) is 6.97. The van der Waals surface area contributed by atoms with Gasteiger partial charge >= 0.3 is 0 Å². The van der Waals surface area contributed by atoms with E-state index in [1.165, 1.54) is 18.8 Å². The van der Waals surface area contributed by atoms with E-state index in [0.29, 0.717) is 13.2 Å². The summed E-state index contributed by atoms with van der Waals surface area (Å²) in [5, 5.41) is 4.60. The van der Waals surface area contributed by atoms with Gasteiger partial charge in [0, 0.05) is 81.4 Å². The lowest BCUT2D eigenvalue weighted by Gasteiger charge is -2.47. The first-order chi connectivity index (χ1) is 17.1. The van der Waals surface area contributed by atoms with Gasteiger partial charge in [0.2, 0.25) is 0 Å². The van der Waals surface area contributed by atoms with Gasteiger partial charge in [0.05, 0.1) is 24.9 Å². The van der Waals surface area contributed by atoms with Gasteiger partial charge in [-0.25, -0.2) is 0 Å². The quantitative estimate of drug-likeness (QED) is 0.471. The highest BCUT2D eigenvalue weighted by molar-refractivity contribution is 5.95. The molecule has 0 amide bonds. The van der Waals surface area contributed by atoms with Gasteiger partial charge in [-0.15, -0.1) is 0 Å². The molecule has 0 bridgehead atoms. The van der Waals surface area contributed by atoms with Crippen molar-refractivity contribution in [1.29, 1.82) is 0 Å². The standard InChI is InChI=1S/C27H35N5O3/c1-30-18-21(19-30)32-12-10-31(11-13-32)20-4-6-23-24(8-9-28-26(23)16-20)29-25-7-5-22(17-27(25)34-3)35-15-14-33-2/h4-9,16-17,21H,10-15,18-19H2,1-3H3,(H,28,29). The van der Waals surface area contributed by atoms with Crippen LogP contribution in [-0.2, 0) is 4.74 Å². The molecule has 8 nitrogen and oxygen atoms in total. The molecule has 0 atom stereocenters. The zero-order chi connectivity index (χ0) is 24.2. The van der Waals surface area contributed by atoms with Crippen molar-refractivity contribution in [1.82, 2.24) is 14.8 Å². The van der Waals surface area contributed by atoms with Crippen LogP contribution in [0, 0.1) is 0 Å². The van der Waals surface area contributed by atoms with Crippen LogP contribution in [0.15, 0.2) is 48.7 Å². The van der Waals surface area contributed by atoms with Crippen LogP contribution >= 0.6 is 0 Å². The zero-order valence-electron chi connectivity index (χ0n) is 20.9. The fourth-order valence-corrected chi connectivity index (χ4v) is 4.94. The van der Waals surface area contributed by atoms with E-state index >= 15 is 0 Å². The van der Waals surface area contributed by atoms with Gasteiger partial charge in [0.15, 0.2) is 0 Å². The summed E-state index contributed by atoms with van der Waals surface area (Å²) in [5.74, 6) is 1.47. The van der Waals surface area contributed by atoms with Crippen molar-refractivity contribution in [3.05, 3.63) is 48.7 Å². The molecule has 186 valence electrons. The Morgan fingerprint density at radius 3 is 2.51 bits per heavy atom. The first-order valence-corrected chi connectivity index (χ1v) is 12.3. The summed E-state index contributed by atoms with van der Waals surface area (Å²) in [6.45, 7) is 7.79. The number of nitrogens with one attached hydrogen (secondary N) is 1. The second-order valence-corrected chi connectivity index (χ2v) is 9.29. The van der Waals surface area contributed by atoms with Gasteiger partial charge in [-0.05, 0) is 43.4 Å². The lowest BCUT2D eigenvalue weighted by Crippen LogP contribution is -2.61. The SMILES string of the molecule is COCCOc1ccc(Nc2ccnc3cc(N4CCN(C5CN(C)C5)CC4)ccc23)c(OC)c1. The average Bonchev–Trinajstić information content (AvgIpc) is 2.87. The average molecular weight is 478 g/mol. The van der Waals surface area contributed by atoms with Gasteiger partial charge < -0.3 is 29.3 Å². The van der Waals surface area contributed by atoms with Crippen LogP contribution < -0.4 is 19.7 Å². The van der Waals surface area contributed by atoms with Crippen LogP contribution in [0.4, 0.5) is 17.1 Å². The molecule has 8 heteroatoms. The van der Waals surface area contributed by atoms with Crippen molar-refractivity contribution < 1.29 is 14.2 Å². The monoisotopic (exact) mass is 477 g/mol. The second kappa shape index (κ2) is 10.7. The molecule has 1 N–H and O–H groups in total. The number of hydrogen-bond donors (Lipinski definition) is 1. The third-order valence-corrected chi connectivity index (χ3v) is 6.97. The molecule has 2 aromatic carbocycles. The number of aromatic nitrogens is 1. The fourth-order valence-electron chi connectivity index (χ4n) is 4.94. The maximum absolute atomic E-state index is 5.72. The molecule has 3 aromatic rings. The molecule has 0 saturated carbocycles. The van der Waals surface area contributed by atoms with E-state index in [1.807, 2.05) is 30.5 Å². The molecule has 0 unspecified atom stereocenters. The van der Waals surface area contributed by atoms with Crippen LogP contribution in [0.2, 0.25) is 0 Å². The Morgan fingerprint density at radius 2 is 1.77 bits per heavy atom. The molecule has 35 heavy (non-hydrogen) atoms. The van der Waals surface area contributed by atoms with Crippen molar-refractivity contribution >= 4 is 28.0 Å². The van der Waals surface area contributed by atoms with Gasteiger partial charge in [0.25, 0.3) is 0 Å². The van der Waals surface area contributed by atoms with Crippen molar-refractivity contribution in [2.24, 2.45) is 0 Å². The van der Waals surface area contributed by atoms with E-state index in [9.17, 15) is 0 Å². The molecule has 5 rings (SSSR count). The molecule has 1 aromatic heterocycles. The normalized spacial score (nSPS) is 17.4. The molecule has 2 fully saturated rings. The first-order valence-electron chi connectivity index (χ1n) is 12.3. The van der Waals surface area contributed by atoms with E-state index in [0.717, 1.165) is 66.0 Å². The Hall–Kier alpha value is -3.07. The minimum absolute atomic E-state index is 0.497. The number of likely N-dealkylation sites (tertiary alicyclic amines) is 1. The number of pyridine rings is 1. The molecular formula is C27H35N5O3. The summed E-state index contributed by atoms with van der Waals surface area (Å²) in [6.07, 6.45) is 1.86. The van der Waals surface area contributed by atoms with Crippen LogP contribution in [0.25, 0.3) is 10.9 Å². The highest BCUT2D eigenvalue weighted by Gasteiger charge is 2.31. The van der Waals surface area contributed by atoms with E-state index in [2.05, 4.69) is 50.2 Å². The summed E-state index contributed by atoms with van der Waals surface area (Å²) >= 11 is 0. The Balaban J connectivity index is 1.29. The molecule has 2 saturated heterocycles. The predicted octanol–water partition coefficient (Wildman–Crippen LogP) is 3.45. The molecule has 0 spiro atoms. The number of piperazine rings is 1. The number of nitrogens with zero attached hydrogens (tertiary/aromatic N) is 4. The molecule has 2 aliphatic heterocycles. The Morgan fingerprint density at radius 1 is 0.943 bits per heavy atom. The van der Waals surface area contributed by atoms with Crippen molar-refractivity contribution in [3.8, 4) is 11.5 Å². The number of likely N-dealkylation sites (N-methyl/N-ethyl adjacent to an activating group) is 1. The van der Waals surface area contributed by atoms with E-state index in [4.69, 9.17) is 14.2 Å². The zero-order valence-corrected chi connectivity index (χ0v) is 20.9. The maximum Gasteiger partial charge on any atom is 0.145 e. The molecule has 3 heterocycles. The van der Waals surface area contributed by atoms with Crippen molar-refractivity contribution in [3.63, 3.8) is 0 Å². The lowest BCUT2D eigenvalue weighted by atomic mass is 10.1. The Kier molecular flexibility index (Phi) is 7.22. The predicted molar refractivity (Wildman–Crippen MR) is 140 cm³/mol. The van der Waals surface area contributed by atoms with Gasteiger partial charge in [0.1, 0.15) is 18.1 Å². The maximum atomic E-state index is 5.72. The lowest BCUT2D eigenvalue weighted by molar-refractivity contribution is 0.0488. The largest absolute Gasteiger partial charge is 0.494 e. The van der Waals surface area contributed by atoms with Gasteiger partial charge in [-0.1, -0.05) is 0 Å². The topological polar surface area (TPSA) is 62.3 Å². The van der Waals surface area contributed by atoms with Crippen LogP contribution in [-0.4, -0.2) is 94.6 Å². The number of hydrogen-bond acceptors (Lipinski definition) is 8. The molecule has 0 radical (unpaired) electrons. The van der Waals surface area contributed by atoms with Crippen molar-refractivity contribution in [2.45, 2.75) is 6.04 Å². The number of anilines is 3. The number of fused-ring (bicyclic) bond motifs is 1. The minimum Gasteiger partial charge on any atom is -0.494 e. The summed E-state index contributed by atoms with van der Waals surface area (Å²) in [7, 11) is 5.52. The summed E-state index contributed by atoms with van der Waals surface area (Å²) in [4.78, 5) is 12.2. The van der Waals surface area contributed by atoms with Gasteiger partial charge in [-0.3, -0.25) is 9.88 Å². The number of methoxy groups -OCH3 is 2. The molecule has 2 aliphatic rings. The Labute approximate surface area is 207 Å². The van der Waals surface area contributed by atoms with Crippen LogP contribution in [0.1, 0.15) is 0 Å². The first kappa shape index (κ1) is 23.7. The number of rotatable bonds is 9. The van der Waals surface area contributed by atoms with Crippen LogP contribution in [0.5, 0.6) is 11.5 Å². The number of ether oxygens (including phenoxy) is 3. The third kappa shape index (κ3) is 5.29. The minimum atomic E-state index is 0.497. The van der Waals surface area contributed by atoms with Crippen LogP contribution in [0.3, 0.4) is 0 Å². The molecular weight excluding hydrogens is 442 g/mol. The summed E-state index contributed by atoms with van der Waals surface area (Å²) in [6, 6.07) is 15.1.